The van der Waals surface area contributed by atoms with E-state index in [0.717, 1.165) is 22.0 Å². The van der Waals surface area contributed by atoms with E-state index in [1.54, 1.807) is 42.6 Å². The van der Waals surface area contributed by atoms with Gasteiger partial charge >= 0.3 is 5.97 Å². The molecule has 0 atom stereocenters. The first-order valence-electron chi connectivity index (χ1n) is 10.7. The number of hydrogen-bond donors (Lipinski definition) is 1. The Bertz CT molecular complexity index is 1430. The van der Waals surface area contributed by atoms with Crippen LogP contribution >= 0.6 is 15.9 Å². The van der Waals surface area contributed by atoms with E-state index in [0.29, 0.717) is 28.9 Å². The molecule has 0 saturated heterocycles. The molecule has 7 nitrogen and oxygen atoms in total. The Labute approximate surface area is 204 Å². The molecule has 0 aliphatic carbocycles. The van der Waals surface area contributed by atoms with Crippen molar-refractivity contribution < 1.29 is 14.6 Å². The van der Waals surface area contributed by atoms with Gasteiger partial charge in [-0.3, -0.25) is 4.79 Å². The number of aryl methyl sites for hydroxylation is 1. The van der Waals surface area contributed by atoms with Gasteiger partial charge in [-0.15, -0.1) is 0 Å². The number of carboxylic acids is 1. The average molecular weight is 520 g/mol. The summed E-state index contributed by atoms with van der Waals surface area (Å²) in [4.78, 5) is 28.8. The quantitative estimate of drug-likeness (QED) is 0.320. The summed E-state index contributed by atoms with van der Waals surface area (Å²) in [5, 5.41) is 14.0. The van der Waals surface area contributed by atoms with Crippen LogP contribution in [0.3, 0.4) is 0 Å². The number of aromatic carboxylic acids is 1. The van der Waals surface area contributed by atoms with Gasteiger partial charge in [0.1, 0.15) is 18.2 Å². The van der Waals surface area contributed by atoms with Gasteiger partial charge in [-0.1, -0.05) is 35.0 Å². The molecule has 0 spiro atoms. The Kier molecular flexibility index (Phi) is 7.18. The fourth-order valence-corrected chi connectivity index (χ4v) is 3.80. The first-order chi connectivity index (χ1) is 16.4. The summed E-state index contributed by atoms with van der Waals surface area (Å²) in [5.74, 6) is 0.280. The van der Waals surface area contributed by atoms with E-state index < -0.39 is 5.97 Å². The summed E-state index contributed by atoms with van der Waals surface area (Å²) in [5.41, 5.74) is 2.22. The molecule has 34 heavy (non-hydrogen) atoms. The molecule has 0 radical (unpaired) electrons. The summed E-state index contributed by atoms with van der Waals surface area (Å²) in [7, 11) is 0. The minimum absolute atomic E-state index is 0.213. The zero-order valence-electron chi connectivity index (χ0n) is 18.4. The van der Waals surface area contributed by atoms with Crippen LogP contribution in [0.15, 0.2) is 81.1 Å². The van der Waals surface area contributed by atoms with Gasteiger partial charge in [0, 0.05) is 10.9 Å². The van der Waals surface area contributed by atoms with Crippen LogP contribution in [0.2, 0.25) is 0 Å². The highest BCUT2D eigenvalue weighted by atomic mass is 79.9. The van der Waals surface area contributed by atoms with E-state index >= 15 is 0 Å². The van der Waals surface area contributed by atoms with Crippen LogP contribution < -0.4 is 10.3 Å². The SMILES string of the molecule is CCCc1nc2ccc(Br)cc2c(=O)n1N=Cc1ccc(OCc2cccc(C(=O)O)c2)cc1. The van der Waals surface area contributed by atoms with Crippen LogP contribution in [0.25, 0.3) is 10.9 Å². The first kappa shape index (κ1) is 23.4. The highest BCUT2D eigenvalue weighted by molar-refractivity contribution is 9.10. The third-order valence-corrected chi connectivity index (χ3v) is 5.62. The second-order valence-electron chi connectivity index (χ2n) is 7.66. The van der Waals surface area contributed by atoms with Crippen molar-refractivity contribution in [3.8, 4) is 5.75 Å². The van der Waals surface area contributed by atoms with Crippen LogP contribution in [0.1, 0.15) is 40.7 Å². The zero-order valence-corrected chi connectivity index (χ0v) is 20.0. The van der Waals surface area contributed by atoms with Gasteiger partial charge in [0.25, 0.3) is 5.56 Å². The Morgan fingerprint density at radius 2 is 1.94 bits per heavy atom. The van der Waals surface area contributed by atoms with Crippen LogP contribution in [0.4, 0.5) is 0 Å². The maximum Gasteiger partial charge on any atom is 0.335 e. The minimum atomic E-state index is -0.971. The molecule has 0 bridgehead atoms. The molecule has 1 N–H and O–H groups in total. The van der Waals surface area contributed by atoms with E-state index in [9.17, 15) is 9.59 Å². The predicted molar refractivity (Wildman–Crippen MR) is 135 cm³/mol. The molecule has 172 valence electrons. The number of benzene rings is 3. The highest BCUT2D eigenvalue weighted by Crippen LogP contribution is 2.17. The Morgan fingerprint density at radius 1 is 1.15 bits per heavy atom. The van der Waals surface area contributed by atoms with Gasteiger partial charge < -0.3 is 9.84 Å². The number of ether oxygens (including phenoxy) is 1. The van der Waals surface area contributed by atoms with Crippen LogP contribution in [0, 0.1) is 0 Å². The van der Waals surface area contributed by atoms with Crippen molar-refractivity contribution in [2.45, 2.75) is 26.4 Å². The lowest BCUT2D eigenvalue weighted by molar-refractivity contribution is 0.0696. The Hall–Kier alpha value is -3.78. The number of hydrogen-bond acceptors (Lipinski definition) is 5. The standard InChI is InChI=1S/C26H22BrN3O4/c1-2-4-24-29-23-12-9-20(27)14-22(23)25(31)30(24)28-15-17-7-10-21(11-8-17)34-16-18-5-3-6-19(13-18)26(32)33/h3,5-15H,2,4,16H2,1H3,(H,32,33). The molecule has 8 heteroatoms. The number of aromatic nitrogens is 2. The Morgan fingerprint density at radius 3 is 2.68 bits per heavy atom. The number of halogens is 1. The van der Waals surface area contributed by atoms with E-state index in [1.165, 1.54) is 4.68 Å². The number of fused-ring (bicyclic) bond motifs is 1. The summed E-state index contributed by atoms with van der Waals surface area (Å²) >= 11 is 3.41. The van der Waals surface area contributed by atoms with Crippen molar-refractivity contribution in [3.05, 3.63) is 104 Å². The predicted octanol–water partition coefficient (Wildman–Crippen LogP) is 5.27. The normalized spacial score (nSPS) is 11.2. The van der Waals surface area contributed by atoms with E-state index in [-0.39, 0.29) is 17.7 Å². The van der Waals surface area contributed by atoms with Gasteiger partial charge in [0.05, 0.1) is 22.7 Å². The molecule has 0 amide bonds. The molecule has 1 aromatic heterocycles. The van der Waals surface area contributed by atoms with Gasteiger partial charge in [0.2, 0.25) is 0 Å². The molecule has 3 aromatic carbocycles. The molecule has 4 aromatic rings. The minimum Gasteiger partial charge on any atom is -0.489 e. The number of carboxylic acid groups (broad SMARTS) is 1. The average Bonchev–Trinajstić information content (AvgIpc) is 2.84. The van der Waals surface area contributed by atoms with Crippen molar-refractivity contribution in [3.63, 3.8) is 0 Å². The molecule has 4 rings (SSSR count). The molecule has 0 fully saturated rings. The maximum atomic E-state index is 13.1. The monoisotopic (exact) mass is 519 g/mol. The fraction of sp³-hybridized carbons (Fsp3) is 0.154. The van der Waals surface area contributed by atoms with E-state index in [4.69, 9.17) is 9.84 Å². The van der Waals surface area contributed by atoms with Gasteiger partial charge in [-0.25, -0.2) is 9.78 Å². The summed E-state index contributed by atoms with van der Waals surface area (Å²) in [6, 6.07) is 19.4. The lowest BCUT2D eigenvalue weighted by atomic mass is 10.1. The van der Waals surface area contributed by atoms with E-state index in [1.807, 2.05) is 37.3 Å². The van der Waals surface area contributed by atoms with Crippen molar-refractivity contribution in [2.24, 2.45) is 5.10 Å². The maximum absolute atomic E-state index is 13.1. The van der Waals surface area contributed by atoms with Gasteiger partial charge in [-0.05, 0) is 72.1 Å². The lowest BCUT2D eigenvalue weighted by Gasteiger charge is -2.09. The number of rotatable bonds is 8. The summed E-state index contributed by atoms with van der Waals surface area (Å²) < 4.78 is 7.93. The molecule has 1 heterocycles. The fourth-order valence-electron chi connectivity index (χ4n) is 3.43. The molecule has 0 aliphatic rings. The van der Waals surface area contributed by atoms with Crippen molar-refractivity contribution in [2.75, 3.05) is 0 Å². The molecular weight excluding hydrogens is 498 g/mol. The number of carbonyl (C=O) groups is 1. The molecule has 0 unspecified atom stereocenters. The first-order valence-corrected chi connectivity index (χ1v) is 11.5. The molecule has 0 saturated carbocycles. The second-order valence-corrected chi connectivity index (χ2v) is 8.58. The smallest absolute Gasteiger partial charge is 0.335 e. The van der Waals surface area contributed by atoms with Crippen LogP contribution in [0.5, 0.6) is 5.75 Å². The Balaban J connectivity index is 1.52. The van der Waals surface area contributed by atoms with Crippen molar-refractivity contribution >= 4 is 39.0 Å². The van der Waals surface area contributed by atoms with E-state index in [2.05, 4.69) is 26.0 Å². The van der Waals surface area contributed by atoms with Crippen LogP contribution in [-0.2, 0) is 13.0 Å². The largest absolute Gasteiger partial charge is 0.489 e. The topological polar surface area (TPSA) is 93.8 Å². The van der Waals surface area contributed by atoms with Gasteiger partial charge in [0.15, 0.2) is 0 Å². The summed E-state index contributed by atoms with van der Waals surface area (Å²) in [6.45, 7) is 2.28. The van der Waals surface area contributed by atoms with Crippen molar-refractivity contribution in [1.29, 1.82) is 0 Å². The third-order valence-electron chi connectivity index (χ3n) is 5.13. The third kappa shape index (κ3) is 5.40. The second kappa shape index (κ2) is 10.4. The van der Waals surface area contributed by atoms with Crippen LogP contribution in [-0.4, -0.2) is 27.0 Å². The lowest BCUT2D eigenvalue weighted by Crippen LogP contribution is -2.22. The zero-order chi connectivity index (χ0) is 24.1. The number of nitrogens with zero attached hydrogens (tertiary/aromatic N) is 3. The molecular formula is C26H22BrN3O4. The highest BCUT2D eigenvalue weighted by Gasteiger charge is 2.10. The summed E-state index contributed by atoms with van der Waals surface area (Å²) in [6.07, 6.45) is 3.09. The van der Waals surface area contributed by atoms with Crippen molar-refractivity contribution in [1.82, 2.24) is 9.66 Å². The van der Waals surface area contributed by atoms with Gasteiger partial charge in [-0.2, -0.15) is 9.78 Å². The molecule has 0 aliphatic heterocycles.